The molecule has 0 aliphatic carbocycles. The molecule has 3 N–H and O–H groups in total. The van der Waals surface area contributed by atoms with Gasteiger partial charge in [0.05, 0.1) is 11.5 Å². The van der Waals surface area contributed by atoms with Gasteiger partial charge in [0.25, 0.3) is 0 Å². The number of aromatic hydroxyl groups is 1. The first-order chi connectivity index (χ1) is 16.5. The standard InChI is InChI=1S/C23H27N5O6/c24-13-17(21(32)27-15-2-8-28(9-3-15)22-25-6-1-7-26-22)23(4-10-33-11-5-23)20-19(31)18(30)12-16(14-29)34-20/h1,6-7,12,15,17,29,31H,2-5,8-11,14H2,(H,27,32). The summed E-state index contributed by atoms with van der Waals surface area (Å²) in [7, 11) is 0. The van der Waals surface area contributed by atoms with Crippen molar-refractivity contribution in [2.75, 3.05) is 31.2 Å². The molecule has 0 radical (unpaired) electrons. The average Bonchev–Trinajstić information content (AvgIpc) is 2.87. The Morgan fingerprint density at radius 3 is 2.59 bits per heavy atom. The molecule has 1 amide bonds. The van der Waals surface area contributed by atoms with Crippen molar-refractivity contribution < 1.29 is 24.2 Å². The van der Waals surface area contributed by atoms with Gasteiger partial charge < -0.3 is 29.6 Å². The molecule has 0 saturated carbocycles. The maximum absolute atomic E-state index is 13.4. The fourth-order valence-corrected chi connectivity index (χ4v) is 4.73. The Bertz CT molecular complexity index is 1100. The number of amides is 1. The van der Waals surface area contributed by atoms with Crippen LogP contribution < -0.4 is 15.6 Å². The highest BCUT2D eigenvalue weighted by molar-refractivity contribution is 5.83. The molecule has 11 nitrogen and oxygen atoms in total. The Labute approximate surface area is 196 Å². The molecule has 2 saturated heterocycles. The molecular weight excluding hydrogens is 442 g/mol. The molecule has 1 unspecified atom stereocenters. The van der Waals surface area contributed by atoms with E-state index >= 15 is 0 Å². The van der Waals surface area contributed by atoms with E-state index in [2.05, 4.69) is 21.4 Å². The number of ether oxygens (including phenoxy) is 1. The number of rotatable bonds is 6. The summed E-state index contributed by atoms with van der Waals surface area (Å²) >= 11 is 0. The molecule has 0 bridgehead atoms. The second kappa shape index (κ2) is 10.2. The molecule has 11 heteroatoms. The molecule has 2 aliphatic rings. The number of aromatic nitrogens is 2. The molecule has 0 spiro atoms. The van der Waals surface area contributed by atoms with E-state index < -0.39 is 35.0 Å². The molecule has 1 atom stereocenters. The van der Waals surface area contributed by atoms with Crippen LogP contribution >= 0.6 is 0 Å². The fourth-order valence-electron chi connectivity index (χ4n) is 4.73. The number of piperidine rings is 1. The van der Waals surface area contributed by atoms with Gasteiger partial charge >= 0.3 is 0 Å². The maximum Gasteiger partial charge on any atom is 0.238 e. The van der Waals surface area contributed by atoms with Gasteiger partial charge in [-0.1, -0.05) is 0 Å². The second-order valence-corrected chi connectivity index (χ2v) is 8.56. The van der Waals surface area contributed by atoms with E-state index in [1.165, 1.54) is 0 Å². The quantitative estimate of drug-likeness (QED) is 0.546. The number of hydrogen-bond acceptors (Lipinski definition) is 10. The van der Waals surface area contributed by atoms with E-state index in [4.69, 9.17) is 9.15 Å². The largest absolute Gasteiger partial charge is 0.502 e. The summed E-state index contributed by atoms with van der Waals surface area (Å²) < 4.78 is 11.1. The highest BCUT2D eigenvalue weighted by Crippen LogP contribution is 2.44. The zero-order valence-electron chi connectivity index (χ0n) is 18.6. The van der Waals surface area contributed by atoms with Gasteiger partial charge in [-0.2, -0.15) is 5.26 Å². The van der Waals surface area contributed by atoms with E-state index in [9.17, 15) is 25.1 Å². The van der Waals surface area contributed by atoms with Crippen LogP contribution in [0, 0.1) is 17.2 Å². The lowest BCUT2D eigenvalue weighted by atomic mass is 9.67. The van der Waals surface area contributed by atoms with Crippen molar-refractivity contribution in [2.24, 2.45) is 5.92 Å². The molecular formula is C23H27N5O6. The SMILES string of the molecule is N#CC(C(=O)NC1CCN(c2ncccn2)CC1)C1(c2oc(CO)cc(=O)c2O)CCOCC1. The van der Waals surface area contributed by atoms with E-state index in [-0.39, 0.29) is 43.6 Å². The van der Waals surface area contributed by atoms with Crippen LogP contribution in [0.25, 0.3) is 0 Å². The zero-order chi connectivity index (χ0) is 24.1. The minimum atomic E-state index is -1.26. The lowest BCUT2D eigenvalue weighted by Gasteiger charge is -2.40. The molecule has 4 heterocycles. The zero-order valence-corrected chi connectivity index (χ0v) is 18.6. The highest BCUT2D eigenvalue weighted by atomic mass is 16.5. The van der Waals surface area contributed by atoms with Crippen LogP contribution in [0.1, 0.15) is 37.2 Å². The van der Waals surface area contributed by atoms with Gasteiger partial charge in [-0.15, -0.1) is 0 Å². The van der Waals surface area contributed by atoms with Gasteiger partial charge in [-0.25, -0.2) is 9.97 Å². The minimum Gasteiger partial charge on any atom is -0.502 e. The van der Waals surface area contributed by atoms with Crippen molar-refractivity contribution in [2.45, 2.75) is 43.7 Å². The first-order valence-corrected chi connectivity index (χ1v) is 11.3. The van der Waals surface area contributed by atoms with Crippen molar-refractivity contribution in [3.05, 3.63) is 46.3 Å². The summed E-state index contributed by atoms with van der Waals surface area (Å²) in [5.74, 6) is -1.92. The summed E-state index contributed by atoms with van der Waals surface area (Å²) in [6.07, 6.45) is 5.07. The third-order valence-electron chi connectivity index (χ3n) is 6.59. The van der Waals surface area contributed by atoms with Gasteiger partial charge in [0.2, 0.25) is 23.0 Å². The average molecular weight is 469 g/mol. The predicted octanol–water partition coefficient (Wildman–Crippen LogP) is 0.601. The van der Waals surface area contributed by atoms with Crippen LogP contribution in [0.2, 0.25) is 0 Å². The second-order valence-electron chi connectivity index (χ2n) is 8.56. The summed E-state index contributed by atoms with van der Waals surface area (Å²) in [5, 5.41) is 33.1. The van der Waals surface area contributed by atoms with Crippen LogP contribution in [0.4, 0.5) is 5.95 Å². The number of aliphatic hydroxyl groups excluding tert-OH is 1. The number of nitriles is 1. The molecule has 2 aliphatic heterocycles. The highest BCUT2D eigenvalue weighted by Gasteiger charge is 2.50. The van der Waals surface area contributed by atoms with Crippen LogP contribution in [0.3, 0.4) is 0 Å². The third-order valence-corrected chi connectivity index (χ3v) is 6.59. The molecule has 180 valence electrons. The van der Waals surface area contributed by atoms with Gasteiger partial charge in [0, 0.05) is 50.8 Å². The van der Waals surface area contributed by atoms with Crippen LogP contribution in [-0.4, -0.2) is 58.4 Å². The van der Waals surface area contributed by atoms with Crippen LogP contribution in [-0.2, 0) is 21.6 Å². The predicted molar refractivity (Wildman–Crippen MR) is 119 cm³/mol. The number of carbonyl (C=O) groups is 1. The molecule has 2 aromatic heterocycles. The Balaban J connectivity index is 1.55. The number of anilines is 1. The lowest BCUT2D eigenvalue weighted by Crippen LogP contribution is -2.52. The normalized spacial score (nSPS) is 19.2. The van der Waals surface area contributed by atoms with Crippen molar-refractivity contribution >= 4 is 11.9 Å². The fraction of sp³-hybridized carbons (Fsp3) is 0.522. The number of nitrogens with one attached hydrogen (secondary N) is 1. The molecule has 2 aromatic rings. The van der Waals surface area contributed by atoms with Crippen LogP contribution in [0.15, 0.2) is 33.7 Å². The smallest absolute Gasteiger partial charge is 0.238 e. The summed E-state index contributed by atoms with van der Waals surface area (Å²) in [5.41, 5.74) is -1.99. The van der Waals surface area contributed by atoms with E-state index in [1.54, 1.807) is 18.5 Å². The van der Waals surface area contributed by atoms with Crippen molar-refractivity contribution in [1.29, 1.82) is 5.26 Å². The Kier molecular flexibility index (Phi) is 7.09. The third kappa shape index (κ3) is 4.60. The van der Waals surface area contributed by atoms with Gasteiger partial charge in [-0.05, 0) is 31.7 Å². The number of nitrogens with zero attached hydrogens (tertiary/aromatic N) is 4. The lowest BCUT2D eigenvalue weighted by molar-refractivity contribution is -0.128. The number of hydrogen-bond donors (Lipinski definition) is 3. The topological polar surface area (TPSA) is 162 Å². The molecule has 0 aromatic carbocycles. The van der Waals surface area contributed by atoms with Crippen LogP contribution in [0.5, 0.6) is 5.75 Å². The first kappa shape index (κ1) is 23.7. The first-order valence-electron chi connectivity index (χ1n) is 11.3. The summed E-state index contributed by atoms with van der Waals surface area (Å²) in [6.45, 7) is 1.21. The molecule has 2 fully saturated rings. The maximum atomic E-state index is 13.4. The summed E-state index contributed by atoms with van der Waals surface area (Å²) in [4.78, 5) is 36.2. The number of carbonyl (C=O) groups excluding carboxylic acids is 1. The Morgan fingerprint density at radius 1 is 1.29 bits per heavy atom. The summed E-state index contributed by atoms with van der Waals surface area (Å²) in [6, 6.07) is 4.69. The van der Waals surface area contributed by atoms with E-state index in [0.29, 0.717) is 31.9 Å². The van der Waals surface area contributed by atoms with Crippen molar-refractivity contribution in [1.82, 2.24) is 15.3 Å². The minimum absolute atomic E-state index is 0.0451. The van der Waals surface area contributed by atoms with Gasteiger partial charge in [0.15, 0.2) is 5.76 Å². The van der Waals surface area contributed by atoms with Gasteiger partial charge in [0.1, 0.15) is 18.3 Å². The monoisotopic (exact) mass is 469 g/mol. The Morgan fingerprint density at radius 2 is 1.97 bits per heavy atom. The van der Waals surface area contributed by atoms with Crippen molar-refractivity contribution in [3.63, 3.8) is 0 Å². The van der Waals surface area contributed by atoms with E-state index in [1.807, 2.05) is 4.90 Å². The number of aliphatic hydroxyl groups is 1. The van der Waals surface area contributed by atoms with E-state index in [0.717, 1.165) is 6.07 Å². The van der Waals surface area contributed by atoms with Gasteiger partial charge in [-0.3, -0.25) is 9.59 Å². The van der Waals surface area contributed by atoms with Crippen molar-refractivity contribution in [3.8, 4) is 11.8 Å². The molecule has 4 rings (SSSR count). The molecule has 34 heavy (non-hydrogen) atoms. The Hall–Kier alpha value is -3.49.